The van der Waals surface area contributed by atoms with Crippen molar-refractivity contribution in [2.24, 2.45) is 10.9 Å². The molecule has 7 heteroatoms. The second-order valence-corrected chi connectivity index (χ2v) is 7.34. The lowest BCUT2D eigenvalue weighted by atomic mass is 9.89. The van der Waals surface area contributed by atoms with Crippen LogP contribution in [0.5, 0.6) is 0 Å². The average molecular weight is 495 g/mol. The highest BCUT2D eigenvalue weighted by Crippen LogP contribution is 2.23. The maximum atomic E-state index is 12.1. The van der Waals surface area contributed by atoms with Gasteiger partial charge in [-0.3, -0.25) is 9.79 Å². The van der Waals surface area contributed by atoms with Gasteiger partial charge in [0, 0.05) is 32.1 Å². The van der Waals surface area contributed by atoms with E-state index in [1.807, 2.05) is 0 Å². The summed E-state index contributed by atoms with van der Waals surface area (Å²) >= 11 is 0. The number of amides is 1. The molecule has 1 atom stereocenters. The van der Waals surface area contributed by atoms with Crippen LogP contribution in [-0.2, 0) is 4.79 Å². The van der Waals surface area contributed by atoms with E-state index in [-0.39, 0.29) is 35.8 Å². The van der Waals surface area contributed by atoms with Gasteiger partial charge in [0.2, 0.25) is 5.91 Å². The van der Waals surface area contributed by atoms with Crippen LogP contribution in [0.1, 0.15) is 65.7 Å². The lowest BCUT2D eigenvalue weighted by Crippen LogP contribution is -2.45. The van der Waals surface area contributed by atoms with E-state index >= 15 is 0 Å². The molecule has 0 aromatic heterocycles. The normalized spacial score (nSPS) is 16.6. The Balaban J connectivity index is 0.00000676. The standard InChI is InChI=1S/C20H41N5O.HI/c1-5-25(6-2)16-10-11-17(3)24-20(21-4)23-15-14-22-19(26)18-12-8-7-9-13-18;/h17-18H,5-16H2,1-4H3,(H,22,26)(H2,21,23,24);1H. The van der Waals surface area contributed by atoms with Gasteiger partial charge in [0.1, 0.15) is 0 Å². The van der Waals surface area contributed by atoms with E-state index in [1.165, 1.54) is 25.7 Å². The zero-order valence-electron chi connectivity index (χ0n) is 17.9. The molecule has 0 saturated heterocycles. The van der Waals surface area contributed by atoms with Gasteiger partial charge in [0.25, 0.3) is 0 Å². The molecule has 1 amide bonds. The second kappa shape index (κ2) is 16.4. The van der Waals surface area contributed by atoms with E-state index in [0.29, 0.717) is 19.1 Å². The quantitative estimate of drug-likeness (QED) is 0.179. The van der Waals surface area contributed by atoms with E-state index in [9.17, 15) is 4.79 Å². The number of carbonyl (C=O) groups excluding carboxylic acids is 1. The summed E-state index contributed by atoms with van der Waals surface area (Å²) in [6.07, 6.45) is 8.07. The van der Waals surface area contributed by atoms with Crippen molar-refractivity contribution in [3.05, 3.63) is 0 Å². The molecule has 3 N–H and O–H groups in total. The SMILES string of the molecule is CCN(CC)CCCC(C)NC(=NC)NCCNC(=O)C1CCCCC1.I. The summed E-state index contributed by atoms with van der Waals surface area (Å²) in [4.78, 5) is 18.9. The fourth-order valence-corrected chi connectivity index (χ4v) is 3.54. The number of hydrogen-bond donors (Lipinski definition) is 3. The molecule has 0 radical (unpaired) electrons. The molecule has 0 aromatic rings. The van der Waals surface area contributed by atoms with E-state index in [2.05, 4.69) is 46.6 Å². The van der Waals surface area contributed by atoms with Gasteiger partial charge < -0.3 is 20.9 Å². The summed E-state index contributed by atoms with van der Waals surface area (Å²) in [7, 11) is 1.79. The summed E-state index contributed by atoms with van der Waals surface area (Å²) in [6.45, 7) is 11.4. The number of hydrogen-bond acceptors (Lipinski definition) is 3. The molecular formula is C20H42IN5O. The number of guanidine groups is 1. The van der Waals surface area contributed by atoms with Crippen LogP contribution in [0.3, 0.4) is 0 Å². The van der Waals surface area contributed by atoms with Crippen LogP contribution in [0.15, 0.2) is 4.99 Å². The Morgan fingerprint density at radius 3 is 2.33 bits per heavy atom. The van der Waals surface area contributed by atoms with Crippen molar-refractivity contribution < 1.29 is 4.79 Å². The predicted molar refractivity (Wildman–Crippen MR) is 126 cm³/mol. The molecule has 0 bridgehead atoms. The summed E-state index contributed by atoms with van der Waals surface area (Å²) in [5.74, 6) is 1.26. The monoisotopic (exact) mass is 495 g/mol. The van der Waals surface area contributed by atoms with E-state index in [1.54, 1.807) is 7.05 Å². The van der Waals surface area contributed by atoms with Crippen molar-refractivity contribution in [2.45, 2.75) is 71.8 Å². The van der Waals surface area contributed by atoms with Crippen LogP contribution in [0.2, 0.25) is 0 Å². The van der Waals surface area contributed by atoms with Gasteiger partial charge >= 0.3 is 0 Å². The molecule has 6 nitrogen and oxygen atoms in total. The van der Waals surface area contributed by atoms with Crippen LogP contribution in [-0.4, -0.2) is 62.6 Å². The minimum Gasteiger partial charge on any atom is -0.355 e. The summed E-state index contributed by atoms with van der Waals surface area (Å²) in [5.41, 5.74) is 0. The van der Waals surface area contributed by atoms with Gasteiger partial charge in [-0.1, -0.05) is 33.1 Å². The predicted octanol–water partition coefficient (Wildman–Crippen LogP) is 2.98. The molecule has 0 heterocycles. The molecule has 0 spiro atoms. The van der Waals surface area contributed by atoms with Crippen molar-refractivity contribution >= 4 is 35.8 Å². The maximum Gasteiger partial charge on any atom is 0.223 e. The van der Waals surface area contributed by atoms with Crippen molar-refractivity contribution in [3.8, 4) is 0 Å². The first kappa shape index (κ1) is 26.4. The highest BCUT2D eigenvalue weighted by molar-refractivity contribution is 14.0. The van der Waals surface area contributed by atoms with Gasteiger partial charge in [-0.05, 0) is 52.2 Å². The summed E-state index contributed by atoms with van der Waals surface area (Å²) in [6, 6.07) is 0.383. The Morgan fingerprint density at radius 2 is 1.74 bits per heavy atom. The maximum absolute atomic E-state index is 12.1. The number of carbonyl (C=O) groups is 1. The third-order valence-corrected chi connectivity index (χ3v) is 5.31. The first-order valence-electron chi connectivity index (χ1n) is 10.6. The van der Waals surface area contributed by atoms with Crippen molar-refractivity contribution in [1.82, 2.24) is 20.9 Å². The third-order valence-electron chi connectivity index (χ3n) is 5.31. The summed E-state index contributed by atoms with van der Waals surface area (Å²) in [5, 5.41) is 9.78. The highest BCUT2D eigenvalue weighted by Gasteiger charge is 2.20. The topological polar surface area (TPSA) is 68.8 Å². The smallest absolute Gasteiger partial charge is 0.223 e. The van der Waals surface area contributed by atoms with E-state index in [4.69, 9.17) is 0 Å². The number of halogens is 1. The number of aliphatic imine (C=N–C) groups is 1. The lowest BCUT2D eigenvalue weighted by Gasteiger charge is -2.22. The molecule has 0 aromatic carbocycles. The average Bonchev–Trinajstić information content (AvgIpc) is 2.68. The van der Waals surface area contributed by atoms with E-state index in [0.717, 1.165) is 44.9 Å². The largest absolute Gasteiger partial charge is 0.355 e. The van der Waals surface area contributed by atoms with Gasteiger partial charge in [0.05, 0.1) is 0 Å². The molecule has 1 aliphatic carbocycles. The Kier molecular flexibility index (Phi) is 16.0. The molecule has 1 saturated carbocycles. The molecule has 27 heavy (non-hydrogen) atoms. The van der Waals surface area contributed by atoms with Gasteiger partial charge in [-0.15, -0.1) is 24.0 Å². The van der Waals surface area contributed by atoms with Gasteiger partial charge in [-0.25, -0.2) is 0 Å². The van der Waals surface area contributed by atoms with Crippen LogP contribution < -0.4 is 16.0 Å². The molecule has 0 aliphatic heterocycles. The Bertz CT molecular complexity index is 409. The van der Waals surface area contributed by atoms with Crippen molar-refractivity contribution in [2.75, 3.05) is 39.8 Å². The Morgan fingerprint density at radius 1 is 1.11 bits per heavy atom. The molecule has 1 fully saturated rings. The van der Waals surface area contributed by atoms with Gasteiger partial charge in [0.15, 0.2) is 5.96 Å². The number of nitrogens with zero attached hydrogens (tertiary/aromatic N) is 2. The molecule has 1 aliphatic rings. The van der Waals surface area contributed by atoms with Crippen LogP contribution in [0, 0.1) is 5.92 Å². The van der Waals surface area contributed by atoms with Crippen molar-refractivity contribution in [3.63, 3.8) is 0 Å². The first-order chi connectivity index (χ1) is 12.6. The highest BCUT2D eigenvalue weighted by atomic mass is 127. The zero-order valence-corrected chi connectivity index (χ0v) is 20.2. The van der Waals surface area contributed by atoms with Crippen LogP contribution >= 0.6 is 24.0 Å². The fraction of sp³-hybridized carbons (Fsp3) is 0.900. The van der Waals surface area contributed by atoms with Crippen molar-refractivity contribution in [1.29, 1.82) is 0 Å². The van der Waals surface area contributed by atoms with Crippen LogP contribution in [0.4, 0.5) is 0 Å². The molecule has 160 valence electrons. The molecule has 1 unspecified atom stereocenters. The molecule has 1 rings (SSSR count). The second-order valence-electron chi connectivity index (χ2n) is 7.34. The fourth-order valence-electron chi connectivity index (χ4n) is 3.54. The minimum absolute atomic E-state index is 0. The van der Waals surface area contributed by atoms with Crippen LogP contribution in [0.25, 0.3) is 0 Å². The Labute approximate surface area is 183 Å². The third kappa shape index (κ3) is 11.8. The Hall–Kier alpha value is -0.570. The number of nitrogens with one attached hydrogen (secondary N) is 3. The lowest BCUT2D eigenvalue weighted by molar-refractivity contribution is -0.125. The van der Waals surface area contributed by atoms with E-state index < -0.39 is 0 Å². The zero-order chi connectivity index (χ0) is 19.2. The molecular weight excluding hydrogens is 453 g/mol. The van der Waals surface area contributed by atoms with Gasteiger partial charge in [-0.2, -0.15) is 0 Å². The number of rotatable bonds is 11. The first-order valence-corrected chi connectivity index (χ1v) is 10.6. The minimum atomic E-state index is 0. The summed E-state index contributed by atoms with van der Waals surface area (Å²) < 4.78 is 0.